The number of amides is 1. The van der Waals surface area contributed by atoms with Gasteiger partial charge in [-0.25, -0.2) is 9.78 Å². The quantitative estimate of drug-likeness (QED) is 0.233. The Balaban J connectivity index is 2.08. The lowest BCUT2D eigenvalue weighted by Gasteiger charge is -2.27. The molecule has 0 spiro atoms. The lowest BCUT2D eigenvalue weighted by molar-refractivity contribution is 0.0303. The van der Waals surface area contributed by atoms with Gasteiger partial charge in [0.1, 0.15) is 4.60 Å². The first-order valence-corrected chi connectivity index (χ1v) is 9.16. The summed E-state index contributed by atoms with van der Waals surface area (Å²) in [5.41, 5.74) is 10.3. The highest BCUT2D eigenvalue weighted by Gasteiger charge is 2.21. The molecule has 0 atom stereocenters. The van der Waals surface area contributed by atoms with Crippen LogP contribution in [0.15, 0.2) is 40.0 Å². The number of rotatable bonds is 4. The number of pyridine rings is 1. The van der Waals surface area contributed by atoms with Crippen molar-refractivity contribution in [1.82, 2.24) is 9.88 Å². The highest BCUT2D eigenvalue weighted by Crippen LogP contribution is 2.35. The van der Waals surface area contributed by atoms with Crippen LogP contribution in [0.1, 0.15) is 20.7 Å². The summed E-state index contributed by atoms with van der Waals surface area (Å²) in [6.07, 6.45) is 0. The number of halogens is 1. The van der Waals surface area contributed by atoms with Crippen molar-refractivity contribution in [2.75, 3.05) is 33.4 Å². The van der Waals surface area contributed by atoms with E-state index in [2.05, 4.69) is 30.9 Å². The fourth-order valence-electron chi connectivity index (χ4n) is 2.87. The minimum absolute atomic E-state index is 0.0357. The fraction of sp³-hybridized carbons (Fsp3) is 0.278. The van der Waals surface area contributed by atoms with Gasteiger partial charge in [0.05, 0.1) is 37.3 Å². The molecule has 0 unspecified atom stereocenters. The Kier molecular flexibility index (Phi) is 6.25. The van der Waals surface area contributed by atoms with Crippen LogP contribution in [0.2, 0.25) is 0 Å². The molecule has 0 aliphatic carbocycles. The molecule has 1 amide bonds. The summed E-state index contributed by atoms with van der Waals surface area (Å²) in [7, 11) is 1.23. The van der Waals surface area contributed by atoms with Crippen LogP contribution >= 0.6 is 15.9 Å². The Morgan fingerprint density at radius 2 is 2.07 bits per heavy atom. The van der Waals surface area contributed by atoms with Gasteiger partial charge in [-0.15, -0.1) is 0 Å². The van der Waals surface area contributed by atoms with E-state index in [-0.39, 0.29) is 22.9 Å². The van der Waals surface area contributed by atoms with E-state index >= 15 is 0 Å². The number of esters is 1. The smallest absolute Gasteiger partial charge is 0.338 e. The minimum atomic E-state index is -0.660. The molecule has 2 aromatic rings. The van der Waals surface area contributed by atoms with Gasteiger partial charge in [0.15, 0.2) is 0 Å². The standard InChI is InChI=1S/C18H16BrN5O4/c1-27-18(26)13-10-14(19)21-15(16(13)22-23-20)11-3-2-4-12(9-11)17(25)24-5-7-28-8-6-24/h2-4,9-10H,5-8H2,1H3. The SMILES string of the molecule is COC(=O)c1cc(Br)nc(-c2cccc(C(=O)N3CCOCC3)c2)c1N=[N+]=[N-]. The second kappa shape index (κ2) is 8.83. The molecule has 0 bridgehead atoms. The number of aromatic nitrogens is 1. The molecular formula is C18H16BrN5O4. The largest absolute Gasteiger partial charge is 0.465 e. The molecule has 1 fully saturated rings. The third-order valence-electron chi connectivity index (χ3n) is 4.19. The first-order chi connectivity index (χ1) is 13.5. The average Bonchev–Trinajstić information content (AvgIpc) is 2.74. The van der Waals surface area contributed by atoms with E-state index in [1.807, 2.05) is 0 Å². The Morgan fingerprint density at radius 1 is 1.32 bits per heavy atom. The summed E-state index contributed by atoms with van der Waals surface area (Å²) in [6, 6.07) is 8.21. The molecule has 2 heterocycles. The third-order valence-corrected chi connectivity index (χ3v) is 4.60. The van der Waals surface area contributed by atoms with Crippen molar-refractivity contribution >= 4 is 33.5 Å². The zero-order chi connectivity index (χ0) is 20.1. The van der Waals surface area contributed by atoms with Gasteiger partial charge in [-0.1, -0.05) is 17.2 Å². The summed E-state index contributed by atoms with van der Waals surface area (Å²) in [4.78, 5) is 33.7. The maximum Gasteiger partial charge on any atom is 0.338 e. The number of nitrogens with zero attached hydrogens (tertiary/aromatic N) is 5. The topological polar surface area (TPSA) is 117 Å². The minimum Gasteiger partial charge on any atom is -0.465 e. The van der Waals surface area contributed by atoms with Crippen LogP contribution in [0, 0.1) is 0 Å². The van der Waals surface area contributed by atoms with Crippen LogP contribution in [-0.4, -0.2) is 55.2 Å². The summed E-state index contributed by atoms with van der Waals surface area (Å²) in [6.45, 7) is 2.05. The summed E-state index contributed by atoms with van der Waals surface area (Å²) in [5, 5.41) is 3.64. The van der Waals surface area contributed by atoms with Crippen molar-refractivity contribution < 1.29 is 19.1 Å². The maximum atomic E-state index is 12.8. The predicted molar refractivity (Wildman–Crippen MR) is 104 cm³/mol. The van der Waals surface area contributed by atoms with Crippen LogP contribution in [0.5, 0.6) is 0 Å². The van der Waals surface area contributed by atoms with Crippen molar-refractivity contribution in [3.8, 4) is 11.3 Å². The van der Waals surface area contributed by atoms with Gasteiger partial charge in [0.25, 0.3) is 5.91 Å². The first-order valence-electron chi connectivity index (χ1n) is 8.36. The number of benzene rings is 1. The van der Waals surface area contributed by atoms with Gasteiger partial charge < -0.3 is 14.4 Å². The van der Waals surface area contributed by atoms with Crippen molar-refractivity contribution in [2.24, 2.45) is 5.11 Å². The number of hydrogen-bond acceptors (Lipinski definition) is 6. The molecule has 144 valence electrons. The van der Waals surface area contributed by atoms with Crippen molar-refractivity contribution in [3.63, 3.8) is 0 Å². The van der Waals surface area contributed by atoms with Crippen molar-refractivity contribution in [2.45, 2.75) is 0 Å². The van der Waals surface area contributed by atoms with Gasteiger partial charge in [-0.05, 0) is 39.7 Å². The molecule has 0 saturated carbocycles. The molecule has 10 heteroatoms. The maximum absolute atomic E-state index is 12.8. The Hall–Kier alpha value is -2.94. The van der Waals surface area contributed by atoms with Crippen LogP contribution < -0.4 is 0 Å². The lowest BCUT2D eigenvalue weighted by Crippen LogP contribution is -2.40. The molecule has 1 aliphatic rings. The molecule has 1 aromatic heterocycles. The number of morpholine rings is 1. The van der Waals surface area contributed by atoms with Crippen LogP contribution in [0.3, 0.4) is 0 Å². The summed E-state index contributed by atoms with van der Waals surface area (Å²) >= 11 is 3.26. The van der Waals surface area contributed by atoms with E-state index in [9.17, 15) is 9.59 Å². The number of carbonyl (C=O) groups is 2. The second-order valence-electron chi connectivity index (χ2n) is 5.86. The molecule has 0 N–H and O–H groups in total. The van der Waals surface area contributed by atoms with Crippen LogP contribution in [0.4, 0.5) is 5.69 Å². The van der Waals surface area contributed by atoms with Crippen molar-refractivity contribution in [1.29, 1.82) is 0 Å². The normalized spacial score (nSPS) is 13.6. The van der Waals surface area contributed by atoms with Crippen molar-refractivity contribution in [3.05, 3.63) is 56.5 Å². The first kappa shape index (κ1) is 19.8. The van der Waals surface area contributed by atoms with E-state index in [1.165, 1.54) is 13.2 Å². The predicted octanol–water partition coefficient (Wildman–Crippen LogP) is 3.71. The van der Waals surface area contributed by atoms with E-state index < -0.39 is 5.97 Å². The average molecular weight is 446 g/mol. The van der Waals surface area contributed by atoms with Gasteiger partial charge >= 0.3 is 5.97 Å². The summed E-state index contributed by atoms with van der Waals surface area (Å²) < 4.78 is 10.4. The number of ether oxygens (including phenoxy) is 2. The zero-order valence-electron chi connectivity index (χ0n) is 15.0. The molecule has 0 radical (unpaired) electrons. The monoisotopic (exact) mass is 445 g/mol. The van der Waals surface area contributed by atoms with E-state index in [1.54, 1.807) is 29.2 Å². The summed E-state index contributed by atoms with van der Waals surface area (Å²) in [5.74, 6) is -0.786. The Labute approximate surface area is 169 Å². The van der Waals surface area contributed by atoms with E-state index in [4.69, 9.17) is 15.0 Å². The third kappa shape index (κ3) is 4.14. The fourth-order valence-corrected chi connectivity index (χ4v) is 3.27. The highest BCUT2D eigenvalue weighted by atomic mass is 79.9. The van der Waals surface area contributed by atoms with E-state index in [0.29, 0.717) is 42.0 Å². The number of azide groups is 1. The molecule has 9 nitrogen and oxygen atoms in total. The molecule has 1 aliphatic heterocycles. The number of hydrogen-bond donors (Lipinski definition) is 0. The zero-order valence-corrected chi connectivity index (χ0v) is 16.5. The molecule has 1 saturated heterocycles. The van der Waals surface area contributed by atoms with Gasteiger partial charge in [0.2, 0.25) is 0 Å². The number of methoxy groups -OCH3 is 1. The Bertz CT molecular complexity index is 968. The van der Waals surface area contributed by atoms with Crippen LogP contribution in [0.25, 0.3) is 21.7 Å². The van der Waals surface area contributed by atoms with E-state index in [0.717, 1.165) is 0 Å². The molecular weight excluding hydrogens is 430 g/mol. The molecule has 3 rings (SSSR count). The highest BCUT2D eigenvalue weighted by molar-refractivity contribution is 9.10. The van der Waals surface area contributed by atoms with Gasteiger partial charge in [0, 0.05) is 29.1 Å². The van der Waals surface area contributed by atoms with Crippen LogP contribution in [-0.2, 0) is 9.47 Å². The molecule has 28 heavy (non-hydrogen) atoms. The van der Waals surface area contributed by atoms with Gasteiger partial charge in [-0.3, -0.25) is 4.79 Å². The number of carbonyl (C=O) groups excluding carboxylic acids is 2. The lowest BCUT2D eigenvalue weighted by atomic mass is 10.0. The Morgan fingerprint density at radius 3 is 2.75 bits per heavy atom. The van der Waals surface area contributed by atoms with Gasteiger partial charge in [-0.2, -0.15) is 0 Å². The molecule has 1 aromatic carbocycles. The second-order valence-corrected chi connectivity index (χ2v) is 6.67.